The third-order valence-corrected chi connectivity index (χ3v) is 9.82. The van der Waals surface area contributed by atoms with Crippen molar-refractivity contribution in [1.29, 1.82) is 0 Å². The van der Waals surface area contributed by atoms with Gasteiger partial charge in [-0.2, -0.15) is 4.98 Å². The lowest BCUT2D eigenvalue weighted by atomic mass is 9.83. The first-order chi connectivity index (χ1) is 30.0. The fourth-order valence-electron chi connectivity index (χ4n) is 6.43. The third-order valence-electron chi connectivity index (χ3n) is 9.43. The van der Waals surface area contributed by atoms with Crippen molar-refractivity contribution >= 4 is 51.1 Å². The molecule has 0 aliphatic heterocycles. The smallest absolute Gasteiger partial charge is 0.323 e. The molecule has 0 saturated heterocycles. The van der Waals surface area contributed by atoms with Crippen molar-refractivity contribution in [1.82, 2.24) is 14.7 Å². The number of amides is 2. The van der Waals surface area contributed by atoms with E-state index in [-0.39, 0.29) is 23.8 Å². The van der Waals surface area contributed by atoms with Crippen LogP contribution in [0.3, 0.4) is 0 Å². The van der Waals surface area contributed by atoms with Crippen molar-refractivity contribution in [2.75, 3.05) is 69.8 Å². The number of urea groups is 1. The van der Waals surface area contributed by atoms with Crippen LogP contribution >= 0.6 is 0 Å². The predicted octanol–water partition coefficient (Wildman–Crippen LogP) is 9.07. The summed E-state index contributed by atoms with van der Waals surface area (Å²) in [7, 11) is 3.20. The van der Waals surface area contributed by atoms with E-state index < -0.39 is 17.3 Å². The number of carbonyl (C=O) groups excluding carboxylic acids is 1. The second-order valence-electron chi connectivity index (χ2n) is 14.9. The van der Waals surface area contributed by atoms with Gasteiger partial charge in [-0.3, -0.25) is 4.55 Å². The van der Waals surface area contributed by atoms with E-state index in [1.54, 1.807) is 50.7 Å². The van der Waals surface area contributed by atoms with Gasteiger partial charge in [-0.15, -0.1) is 0 Å². The van der Waals surface area contributed by atoms with E-state index in [1.165, 1.54) is 0 Å². The lowest BCUT2D eigenvalue weighted by Gasteiger charge is -2.25. The molecule has 1 unspecified atom stereocenters. The molecule has 1 heterocycles. The minimum Gasteiger partial charge on any atom is -0.497 e. The summed E-state index contributed by atoms with van der Waals surface area (Å²) in [6, 6.07) is 31.2. The molecule has 0 spiro atoms. The summed E-state index contributed by atoms with van der Waals surface area (Å²) in [6.45, 7) is 9.01. The minimum absolute atomic E-state index is 0.102. The molecule has 6 rings (SSSR count). The number of anilines is 4. The largest absolute Gasteiger partial charge is 0.497 e. The summed E-state index contributed by atoms with van der Waals surface area (Å²) in [5.41, 5.74) is 4.73. The molecule has 0 aliphatic carbocycles. The number of aromatic nitrogens is 2. The number of fused-ring (bicyclic) bond motifs is 1. The molecule has 326 valence electrons. The fourth-order valence-corrected chi connectivity index (χ4v) is 6.71. The van der Waals surface area contributed by atoms with Gasteiger partial charge in [0.1, 0.15) is 23.9 Å². The van der Waals surface area contributed by atoms with Gasteiger partial charge in [0.2, 0.25) is 23.1 Å². The van der Waals surface area contributed by atoms with Gasteiger partial charge >= 0.3 is 6.03 Å². The molecule has 0 bridgehead atoms. The number of benzene rings is 5. The molecule has 2 amide bonds. The van der Waals surface area contributed by atoms with Gasteiger partial charge in [-0.05, 0) is 40.3 Å². The number of carbonyl (C=O) groups is 1. The maximum absolute atomic E-state index is 13.9. The van der Waals surface area contributed by atoms with Gasteiger partial charge in [0.05, 0.1) is 51.5 Å². The summed E-state index contributed by atoms with van der Waals surface area (Å²) < 4.78 is 57.6. The number of nitrogens with zero attached hydrogens (tertiary/aromatic N) is 2. The molecule has 5 aromatic carbocycles. The molecule has 15 nitrogen and oxygen atoms in total. The highest BCUT2D eigenvalue weighted by atomic mass is 32.2. The second kappa shape index (κ2) is 22.1. The first-order valence-electron chi connectivity index (χ1n) is 19.9. The van der Waals surface area contributed by atoms with Gasteiger partial charge in [-0.1, -0.05) is 81.4 Å². The zero-order chi connectivity index (χ0) is 43.9. The molecule has 16 heteroatoms. The first kappa shape index (κ1) is 45.4. The van der Waals surface area contributed by atoms with Crippen molar-refractivity contribution in [3.63, 3.8) is 0 Å². The molecular weight excluding hydrogens is 813 g/mol. The van der Waals surface area contributed by atoms with E-state index in [0.717, 1.165) is 33.0 Å². The highest BCUT2D eigenvalue weighted by molar-refractivity contribution is 7.77. The van der Waals surface area contributed by atoms with Crippen LogP contribution in [-0.2, 0) is 37.4 Å². The Morgan fingerprint density at radius 2 is 1.45 bits per heavy atom. The van der Waals surface area contributed by atoms with E-state index in [0.29, 0.717) is 74.0 Å². The number of ether oxygens (including phenoxy) is 6. The van der Waals surface area contributed by atoms with Gasteiger partial charge in [0.15, 0.2) is 0 Å². The van der Waals surface area contributed by atoms with Crippen LogP contribution in [0.4, 0.5) is 27.8 Å². The average molecular weight is 865 g/mol. The molecule has 5 N–H and O–H groups in total. The predicted molar refractivity (Wildman–Crippen MR) is 242 cm³/mol. The molecular formula is C46H52N6O9S. The Hall–Kier alpha value is -6.14. The Kier molecular flexibility index (Phi) is 16.2. The van der Waals surface area contributed by atoms with Gasteiger partial charge < -0.3 is 44.4 Å². The molecule has 0 saturated carbocycles. The van der Waals surface area contributed by atoms with E-state index in [1.807, 2.05) is 72.8 Å². The van der Waals surface area contributed by atoms with Crippen LogP contribution in [-0.4, -0.2) is 78.6 Å². The van der Waals surface area contributed by atoms with Crippen molar-refractivity contribution < 1.29 is 42.0 Å². The average Bonchev–Trinajstić information content (AvgIpc) is 3.25. The summed E-state index contributed by atoms with van der Waals surface area (Å²) in [4.78, 5) is 22.9. The van der Waals surface area contributed by atoms with E-state index in [2.05, 4.69) is 51.4 Å². The molecule has 0 fully saturated rings. The normalized spacial score (nSPS) is 11.8. The Morgan fingerprint density at radius 3 is 2.18 bits per heavy atom. The lowest BCUT2D eigenvalue weighted by molar-refractivity contribution is 0.0179. The quantitative estimate of drug-likeness (QED) is 0.0342. The monoisotopic (exact) mass is 864 g/mol. The number of rotatable bonds is 21. The van der Waals surface area contributed by atoms with E-state index in [4.69, 9.17) is 28.4 Å². The van der Waals surface area contributed by atoms with Crippen LogP contribution < -0.4 is 34.9 Å². The Bertz CT molecular complexity index is 2450. The highest BCUT2D eigenvalue weighted by Gasteiger charge is 2.22. The molecule has 0 aliphatic rings. The van der Waals surface area contributed by atoms with Crippen LogP contribution in [0.25, 0.3) is 21.9 Å². The van der Waals surface area contributed by atoms with Crippen molar-refractivity contribution in [2.45, 2.75) is 32.7 Å². The molecule has 1 aromatic heterocycles. The van der Waals surface area contributed by atoms with E-state index >= 15 is 0 Å². The van der Waals surface area contributed by atoms with Crippen LogP contribution in [0.15, 0.2) is 109 Å². The number of hydrogen-bond acceptors (Lipinski definition) is 11. The fraction of sp³-hybridized carbons (Fsp3) is 0.283. The zero-order valence-electron chi connectivity index (χ0n) is 35.4. The number of methoxy groups -OCH3 is 2. The van der Waals surface area contributed by atoms with Crippen LogP contribution in [0, 0.1) is 0 Å². The SMILES string of the molecule is COCCOCCOCCOc1cc(Nc2nccc(Oc3ccc(NC(=O)Nc4cc(C(C)(C)C)cc(CNS(=O)O)c4-c4ccccc4)c4ccccc34)n2)cc(OC)c1. The summed E-state index contributed by atoms with van der Waals surface area (Å²) >= 11 is -2.23. The summed E-state index contributed by atoms with van der Waals surface area (Å²) in [5.74, 6) is 2.23. The van der Waals surface area contributed by atoms with Crippen LogP contribution in [0.5, 0.6) is 23.1 Å². The van der Waals surface area contributed by atoms with Crippen molar-refractivity contribution in [2.24, 2.45) is 0 Å². The molecule has 6 aromatic rings. The first-order valence-corrected chi connectivity index (χ1v) is 21.0. The number of hydrogen-bond donors (Lipinski definition) is 5. The van der Waals surface area contributed by atoms with E-state index in [9.17, 15) is 13.6 Å². The Labute approximate surface area is 363 Å². The maximum atomic E-state index is 13.9. The summed E-state index contributed by atoms with van der Waals surface area (Å²) in [5, 5.41) is 10.8. The minimum atomic E-state index is -2.23. The molecule has 62 heavy (non-hydrogen) atoms. The number of nitrogens with one attached hydrogen (secondary N) is 4. The molecule has 0 radical (unpaired) electrons. The van der Waals surface area contributed by atoms with Gasteiger partial charge in [0.25, 0.3) is 0 Å². The molecule has 1 atom stereocenters. The van der Waals surface area contributed by atoms with Crippen LogP contribution in [0.1, 0.15) is 31.9 Å². The zero-order valence-corrected chi connectivity index (χ0v) is 36.2. The summed E-state index contributed by atoms with van der Waals surface area (Å²) in [6.07, 6.45) is 1.59. The highest BCUT2D eigenvalue weighted by Crippen LogP contribution is 2.38. The van der Waals surface area contributed by atoms with Crippen molar-refractivity contribution in [3.05, 3.63) is 120 Å². The maximum Gasteiger partial charge on any atom is 0.323 e. The second-order valence-corrected chi connectivity index (χ2v) is 15.7. The Morgan fingerprint density at radius 1 is 0.758 bits per heavy atom. The van der Waals surface area contributed by atoms with Crippen LogP contribution in [0.2, 0.25) is 0 Å². The Balaban J connectivity index is 1.16. The van der Waals surface area contributed by atoms with Gasteiger partial charge in [0, 0.05) is 66.1 Å². The van der Waals surface area contributed by atoms with Crippen molar-refractivity contribution in [3.8, 4) is 34.3 Å². The lowest BCUT2D eigenvalue weighted by Crippen LogP contribution is -2.23. The standard InChI is InChI=1S/C46H52N6O9S/c1-46(2,3)33-25-32(30-48-62(54)55)43(31-11-7-6-8-12-31)40(26-33)51-45(53)50-39-15-16-41(38-14-10-9-13-37(38)39)61-42-17-18-47-44(52-42)49-34-27-35(57-5)29-36(28-34)60-24-23-59-22-21-58-20-19-56-4/h6-18,25-29,48H,19-24,30H2,1-5H3,(H,54,55)(H,47,49,52)(H2,50,51,53). The third kappa shape index (κ3) is 12.9. The topological polar surface area (TPSA) is 184 Å². The van der Waals surface area contributed by atoms with Gasteiger partial charge in [-0.25, -0.2) is 18.7 Å².